The van der Waals surface area contributed by atoms with Gasteiger partial charge < -0.3 is 4.74 Å². The van der Waals surface area contributed by atoms with Gasteiger partial charge in [0.2, 0.25) is 0 Å². The van der Waals surface area contributed by atoms with Gasteiger partial charge in [-0.2, -0.15) is 0 Å². The average Bonchev–Trinajstić information content (AvgIpc) is 2.63. The van der Waals surface area contributed by atoms with Gasteiger partial charge in [-0.3, -0.25) is 0 Å². The molecule has 0 bridgehead atoms. The van der Waals surface area contributed by atoms with E-state index in [1.807, 2.05) is 0 Å². The summed E-state index contributed by atoms with van der Waals surface area (Å²) in [6, 6.07) is 14.3. The molecule has 0 unspecified atom stereocenters. The van der Waals surface area contributed by atoms with Crippen molar-refractivity contribution in [1.82, 2.24) is 0 Å². The van der Waals surface area contributed by atoms with Crippen molar-refractivity contribution in [2.45, 2.75) is 50.8 Å². The lowest BCUT2D eigenvalue weighted by Crippen LogP contribution is -2.16. The standard InChI is InChI=1S/C22H21F3O/c23-22(24,25)26-21-15-11-18(12-16-21)6-4-5-17-9-13-20(14-10-17)19-7-2-1-3-8-19/h9-16,19H,1-3,5,7-8H2. The predicted molar refractivity (Wildman–Crippen MR) is 96.0 cm³/mol. The van der Waals surface area contributed by atoms with E-state index in [-0.39, 0.29) is 5.75 Å². The van der Waals surface area contributed by atoms with E-state index < -0.39 is 6.36 Å². The van der Waals surface area contributed by atoms with Crippen LogP contribution in [0, 0.1) is 11.8 Å². The van der Waals surface area contributed by atoms with Gasteiger partial charge in [0.15, 0.2) is 0 Å². The second kappa shape index (κ2) is 8.31. The second-order valence-corrected chi connectivity index (χ2v) is 6.63. The summed E-state index contributed by atoms with van der Waals surface area (Å²) < 4.78 is 40.2. The van der Waals surface area contributed by atoms with Crippen molar-refractivity contribution in [1.29, 1.82) is 0 Å². The molecule has 0 aliphatic heterocycles. The van der Waals surface area contributed by atoms with Crippen molar-refractivity contribution < 1.29 is 17.9 Å². The molecule has 0 radical (unpaired) electrons. The van der Waals surface area contributed by atoms with E-state index in [2.05, 4.69) is 40.8 Å². The lowest BCUT2D eigenvalue weighted by Gasteiger charge is -2.21. The molecule has 1 saturated carbocycles. The van der Waals surface area contributed by atoms with Crippen LogP contribution < -0.4 is 4.74 Å². The van der Waals surface area contributed by atoms with E-state index in [0.717, 1.165) is 5.56 Å². The van der Waals surface area contributed by atoms with E-state index in [0.29, 0.717) is 17.9 Å². The maximum absolute atomic E-state index is 12.1. The molecule has 0 saturated heterocycles. The fourth-order valence-corrected chi connectivity index (χ4v) is 3.33. The molecule has 26 heavy (non-hydrogen) atoms. The Kier molecular flexibility index (Phi) is 5.88. The third-order valence-electron chi connectivity index (χ3n) is 4.67. The average molecular weight is 358 g/mol. The number of hydrogen-bond donors (Lipinski definition) is 0. The van der Waals surface area contributed by atoms with E-state index in [9.17, 15) is 13.2 Å². The van der Waals surface area contributed by atoms with Crippen LogP contribution in [0.1, 0.15) is 54.7 Å². The van der Waals surface area contributed by atoms with Gasteiger partial charge in [0, 0.05) is 12.0 Å². The first-order valence-electron chi connectivity index (χ1n) is 8.93. The van der Waals surface area contributed by atoms with Gasteiger partial charge in [-0.25, -0.2) is 0 Å². The Labute approximate surface area is 152 Å². The Balaban J connectivity index is 1.56. The number of hydrogen-bond acceptors (Lipinski definition) is 1. The molecule has 4 heteroatoms. The molecule has 3 rings (SSSR count). The van der Waals surface area contributed by atoms with Gasteiger partial charge in [-0.05, 0) is 54.2 Å². The zero-order valence-corrected chi connectivity index (χ0v) is 14.5. The molecule has 2 aromatic carbocycles. The van der Waals surface area contributed by atoms with Crippen LogP contribution in [0.4, 0.5) is 13.2 Å². The molecule has 1 aliphatic rings. The summed E-state index contributed by atoms with van der Waals surface area (Å²) in [5.41, 5.74) is 3.23. The molecule has 0 amide bonds. The Morgan fingerprint density at radius 1 is 0.885 bits per heavy atom. The van der Waals surface area contributed by atoms with E-state index in [1.54, 1.807) is 0 Å². The highest BCUT2D eigenvalue weighted by atomic mass is 19.4. The highest BCUT2D eigenvalue weighted by Crippen LogP contribution is 2.32. The zero-order valence-electron chi connectivity index (χ0n) is 14.5. The minimum absolute atomic E-state index is 0.235. The first-order chi connectivity index (χ1) is 12.5. The molecule has 2 aromatic rings. The van der Waals surface area contributed by atoms with Crippen LogP contribution in [0.5, 0.6) is 5.75 Å². The van der Waals surface area contributed by atoms with Gasteiger partial charge >= 0.3 is 6.36 Å². The van der Waals surface area contributed by atoms with Crippen LogP contribution in [0.25, 0.3) is 0 Å². The lowest BCUT2D eigenvalue weighted by atomic mass is 9.84. The Hall–Kier alpha value is -2.41. The Morgan fingerprint density at radius 2 is 1.54 bits per heavy atom. The highest BCUT2D eigenvalue weighted by Gasteiger charge is 2.30. The van der Waals surface area contributed by atoms with E-state index >= 15 is 0 Å². The molecule has 0 aromatic heterocycles. The van der Waals surface area contributed by atoms with Gasteiger partial charge in [0.25, 0.3) is 0 Å². The van der Waals surface area contributed by atoms with Crippen molar-refractivity contribution in [2.75, 3.05) is 0 Å². The molecule has 0 spiro atoms. The highest BCUT2D eigenvalue weighted by molar-refractivity contribution is 5.39. The number of ether oxygens (including phenoxy) is 1. The maximum atomic E-state index is 12.1. The molecule has 0 heterocycles. The van der Waals surface area contributed by atoms with Crippen molar-refractivity contribution in [3.63, 3.8) is 0 Å². The minimum atomic E-state index is -4.67. The SMILES string of the molecule is FC(F)(F)Oc1ccc(C#CCc2ccc(C3CCCCC3)cc2)cc1. The van der Waals surface area contributed by atoms with Crippen LogP contribution in [-0.4, -0.2) is 6.36 Å². The van der Waals surface area contributed by atoms with Gasteiger partial charge in [0.05, 0.1) is 0 Å². The number of rotatable bonds is 3. The molecular weight excluding hydrogens is 337 g/mol. The van der Waals surface area contributed by atoms with E-state index in [1.165, 1.54) is 61.9 Å². The summed E-state index contributed by atoms with van der Waals surface area (Å²) >= 11 is 0. The molecule has 136 valence electrons. The number of alkyl halides is 3. The number of halogens is 3. The third-order valence-corrected chi connectivity index (χ3v) is 4.67. The normalized spacial score (nSPS) is 15.2. The van der Waals surface area contributed by atoms with Gasteiger partial charge in [-0.1, -0.05) is 55.4 Å². The monoisotopic (exact) mass is 358 g/mol. The molecule has 1 aliphatic carbocycles. The maximum Gasteiger partial charge on any atom is 0.573 e. The summed E-state index contributed by atoms with van der Waals surface area (Å²) in [5.74, 6) is 6.51. The topological polar surface area (TPSA) is 9.23 Å². The zero-order chi connectivity index (χ0) is 18.4. The Morgan fingerprint density at radius 3 is 2.15 bits per heavy atom. The summed E-state index contributed by atoms with van der Waals surface area (Å²) in [7, 11) is 0. The van der Waals surface area contributed by atoms with Crippen LogP contribution in [0.15, 0.2) is 48.5 Å². The van der Waals surface area contributed by atoms with Crippen LogP contribution in [-0.2, 0) is 6.42 Å². The summed E-state index contributed by atoms with van der Waals surface area (Å²) in [4.78, 5) is 0. The van der Waals surface area contributed by atoms with Gasteiger partial charge in [-0.15, -0.1) is 13.2 Å². The Bertz CT molecular complexity index is 758. The third kappa shape index (κ3) is 5.56. The van der Waals surface area contributed by atoms with E-state index in [4.69, 9.17) is 0 Å². The first kappa shape index (κ1) is 18.4. The molecule has 0 N–H and O–H groups in total. The molecule has 1 nitrogen and oxygen atoms in total. The van der Waals surface area contributed by atoms with Crippen LogP contribution in [0.3, 0.4) is 0 Å². The van der Waals surface area contributed by atoms with Gasteiger partial charge in [0.1, 0.15) is 5.75 Å². The summed E-state index contributed by atoms with van der Waals surface area (Å²) in [5, 5.41) is 0. The van der Waals surface area contributed by atoms with Crippen molar-refractivity contribution in [3.8, 4) is 17.6 Å². The van der Waals surface area contributed by atoms with Crippen molar-refractivity contribution in [2.24, 2.45) is 0 Å². The quantitative estimate of drug-likeness (QED) is 0.591. The van der Waals surface area contributed by atoms with Crippen LogP contribution >= 0.6 is 0 Å². The summed E-state index contributed by atoms with van der Waals surface area (Å²) in [6.45, 7) is 0. The predicted octanol–water partition coefficient (Wildman–Crippen LogP) is 6.23. The lowest BCUT2D eigenvalue weighted by molar-refractivity contribution is -0.274. The van der Waals surface area contributed by atoms with Crippen molar-refractivity contribution >= 4 is 0 Å². The summed E-state index contributed by atoms with van der Waals surface area (Å²) in [6.07, 6.45) is 2.52. The molecule has 0 atom stereocenters. The smallest absolute Gasteiger partial charge is 0.406 e. The minimum Gasteiger partial charge on any atom is -0.406 e. The largest absolute Gasteiger partial charge is 0.573 e. The van der Waals surface area contributed by atoms with Crippen LogP contribution in [0.2, 0.25) is 0 Å². The first-order valence-corrected chi connectivity index (χ1v) is 8.93. The van der Waals surface area contributed by atoms with Crippen molar-refractivity contribution in [3.05, 3.63) is 65.2 Å². The second-order valence-electron chi connectivity index (χ2n) is 6.63. The molecule has 1 fully saturated rings. The fraction of sp³-hybridized carbons (Fsp3) is 0.364. The number of benzene rings is 2. The fourth-order valence-electron chi connectivity index (χ4n) is 3.33. The molecular formula is C22H21F3O.